The van der Waals surface area contributed by atoms with Crippen molar-refractivity contribution in [3.63, 3.8) is 0 Å². The number of halogens is 1. The van der Waals surface area contributed by atoms with Gasteiger partial charge in [-0.1, -0.05) is 0 Å². The summed E-state index contributed by atoms with van der Waals surface area (Å²) in [5.41, 5.74) is 5.58. The maximum absolute atomic E-state index is 11.0. The summed E-state index contributed by atoms with van der Waals surface area (Å²) in [6, 6.07) is 1.71. The quantitative estimate of drug-likeness (QED) is 0.730. The molecular weight excluding hydrogens is 220 g/mol. The number of methoxy groups -OCH3 is 1. The van der Waals surface area contributed by atoms with Gasteiger partial charge in [0.1, 0.15) is 12.4 Å². The van der Waals surface area contributed by atoms with Crippen LogP contribution in [-0.4, -0.2) is 35.9 Å². The minimum absolute atomic E-state index is 0. The molecule has 86 valence electrons. The zero-order valence-electron chi connectivity index (χ0n) is 8.47. The topological polar surface area (TPSA) is 82.2 Å². The molecule has 1 amide bonds. The van der Waals surface area contributed by atoms with Crippen molar-refractivity contribution in [2.75, 3.05) is 26.0 Å². The van der Waals surface area contributed by atoms with Crippen LogP contribution in [0, 0.1) is 0 Å². The molecule has 1 rings (SSSR count). The predicted molar refractivity (Wildman–Crippen MR) is 58.8 cm³/mol. The Bertz CT molecular complexity index is 303. The molecule has 0 saturated heterocycles. The first-order valence-corrected chi connectivity index (χ1v) is 4.27. The van der Waals surface area contributed by atoms with Crippen LogP contribution in [0.5, 0.6) is 0 Å². The Balaban J connectivity index is 0.00000196. The van der Waals surface area contributed by atoms with Gasteiger partial charge < -0.3 is 15.8 Å². The number of hydrogen-bond acceptors (Lipinski definition) is 4. The highest BCUT2D eigenvalue weighted by atomic mass is 35.5. The van der Waals surface area contributed by atoms with E-state index >= 15 is 0 Å². The van der Waals surface area contributed by atoms with Gasteiger partial charge in [0.2, 0.25) is 5.91 Å². The first-order chi connectivity index (χ1) is 6.74. The van der Waals surface area contributed by atoms with Gasteiger partial charge >= 0.3 is 0 Å². The number of nitrogens with zero attached hydrogens (tertiary/aromatic N) is 2. The van der Waals surface area contributed by atoms with Gasteiger partial charge in [0, 0.05) is 13.7 Å². The maximum atomic E-state index is 11.0. The van der Waals surface area contributed by atoms with E-state index < -0.39 is 0 Å². The van der Waals surface area contributed by atoms with Crippen LogP contribution in [0.4, 0.5) is 5.82 Å². The number of rotatable bonds is 5. The zero-order valence-corrected chi connectivity index (χ0v) is 9.29. The number of nitrogen functional groups attached to an aromatic ring is 1. The van der Waals surface area contributed by atoms with Crippen molar-refractivity contribution in [1.29, 1.82) is 0 Å². The van der Waals surface area contributed by atoms with E-state index in [9.17, 15) is 4.79 Å². The molecule has 0 fully saturated rings. The molecule has 1 heterocycles. The van der Waals surface area contributed by atoms with Crippen molar-refractivity contribution in [3.8, 4) is 0 Å². The fourth-order valence-corrected chi connectivity index (χ4v) is 1.01. The number of carbonyl (C=O) groups excluding carboxylic acids is 1. The summed E-state index contributed by atoms with van der Waals surface area (Å²) >= 11 is 0. The van der Waals surface area contributed by atoms with Crippen molar-refractivity contribution in [2.45, 2.75) is 6.54 Å². The molecule has 0 saturated carbocycles. The lowest BCUT2D eigenvalue weighted by Crippen LogP contribution is -2.30. The van der Waals surface area contributed by atoms with Crippen molar-refractivity contribution >= 4 is 24.1 Å². The third kappa shape index (κ3) is 4.66. The van der Waals surface area contributed by atoms with E-state index in [0.717, 1.165) is 0 Å². The first-order valence-electron chi connectivity index (χ1n) is 4.27. The molecule has 3 N–H and O–H groups in total. The number of anilines is 1. The molecule has 0 atom stereocenters. The van der Waals surface area contributed by atoms with Crippen LogP contribution in [0.2, 0.25) is 0 Å². The lowest BCUT2D eigenvalue weighted by Gasteiger charge is -2.05. The van der Waals surface area contributed by atoms with Gasteiger partial charge in [0.25, 0.3) is 0 Å². The molecule has 0 unspecified atom stereocenters. The van der Waals surface area contributed by atoms with Crippen molar-refractivity contribution in [1.82, 2.24) is 15.1 Å². The van der Waals surface area contributed by atoms with Gasteiger partial charge in [-0.3, -0.25) is 4.79 Å². The summed E-state index contributed by atoms with van der Waals surface area (Å²) in [7, 11) is 1.48. The highest BCUT2D eigenvalue weighted by molar-refractivity contribution is 5.85. The Labute approximate surface area is 94.2 Å². The highest BCUT2D eigenvalue weighted by Gasteiger charge is 2.00. The van der Waals surface area contributed by atoms with Crippen molar-refractivity contribution < 1.29 is 9.53 Å². The van der Waals surface area contributed by atoms with Crippen molar-refractivity contribution in [2.24, 2.45) is 0 Å². The molecule has 1 aromatic rings. The molecule has 6 nitrogen and oxygen atoms in total. The average Bonchev–Trinajstić information content (AvgIpc) is 2.52. The van der Waals surface area contributed by atoms with E-state index in [4.69, 9.17) is 5.73 Å². The van der Waals surface area contributed by atoms with Crippen LogP contribution >= 0.6 is 12.4 Å². The van der Waals surface area contributed by atoms with E-state index in [0.29, 0.717) is 18.9 Å². The van der Waals surface area contributed by atoms with Crippen molar-refractivity contribution in [3.05, 3.63) is 12.3 Å². The maximum Gasteiger partial charge on any atom is 0.246 e. The van der Waals surface area contributed by atoms with Crippen LogP contribution in [0.3, 0.4) is 0 Å². The van der Waals surface area contributed by atoms with Gasteiger partial charge in [0.15, 0.2) is 0 Å². The number of nitrogens with one attached hydrogen (secondary N) is 1. The second-order valence-corrected chi connectivity index (χ2v) is 2.76. The minimum atomic E-state index is -0.141. The molecule has 1 aromatic heterocycles. The molecular formula is C8H15ClN4O2. The normalized spacial score (nSPS) is 9.40. The van der Waals surface area contributed by atoms with Gasteiger partial charge in [-0.25, -0.2) is 4.68 Å². The Hall–Kier alpha value is -1.27. The third-order valence-corrected chi connectivity index (χ3v) is 1.67. The van der Waals surface area contributed by atoms with Gasteiger partial charge in [-0.15, -0.1) is 12.4 Å². The molecule has 0 radical (unpaired) electrons. The van der Waals surface area contributed by atoms with Crippen LogP contribution in [-0.2, 0) is 16.1 Å². The van der Waals surface area contributed by atoms with E-state index in [1.54, 1.807) is 16.9 Å². The second-order valence-electron chi connectivity index (χ2n) is 2.76. The summed E-state index contributed by atoms with van der Waals surface area (Å²) in [5.74, 6) is 0.448. The molecule has 0 aliphatic carbocycles. The predicted octanol–water partition coefficient (Wildman–Crippen LogP) is -0.350. The lowest BCUT2D eigenvalue weighted by molar-refractivity contribution is -0.124. The van der Waals surface area contributed by atoms with Gasteiger partial charge in [-0.05, 0) is 6.07 Å². The SMILES string of the molecule is COCC(=O)NCCn1nccc1N.Cl. The first kappa shape index (κ1) is 13.7. The molecule has 7 heteroatoms. The van der Waals surface area contributed by atoms with E-state index in [1.165, 1.54) is 7.11 Å². The molecule has 0 aliphatic rings. The molecule has 0 spiro atoms. The largest absolute Gasteiger partial charge is 0.384 e. The fourth-order valence-electron chi connectivity index (χ4n) is 1.01. The van der Waals surface area contributed by atoms with E-state index in [2.05, 4.69) is 15.2 Å². The summed E-state index contributed by atoms with van der Waals surface area (Å²) in [5, 5.41) is 6.64. The molecule has 0 bridgehead atoms. The number of aromatic nitrogens is 2. The summed E-state index contributed by atoms with van der Waals surface area (Å²) in [4.78, 5) is 11.0. The Morgan fingerprint density at radius 1 is 1.73 bits per heavy atom. The number of carbonyl (C=O) groups is 1. The standard InChI is InChI=1S/C8H14N4O2.ClH/c1-14-6-8(13)10-4-5-12-7(9)2-3-11-12;/h2-3H,4-6,9H2,1H3,(H,10,13);1H. The third-order valence-electron chi connectivity index (χ3n) is 1.67. The van der Waals surface area contributed by atoms with Gasteiger partial charge in [-0.2, -0.15) is 5.10 Å². The number of nitrogens with two attached hydrogens (primary N) is 1. The summed E-state index contributed by atoms with van der Waals surface area (Å²) < 4.78 is 6.27. The molecule has 0 aromatic carbocycles. The molecule has 0 aliphatic heterocycles. The van der Waals surface area contributed by atoms with Crippen LogP contribution in [0.25, 0.3) is 0 Å². The van der Waals surface area contributed by atoms with Crippen LogP contribution < -0.4 is 11.1 Å². The van der Waals surface area contributed by atoms with Crippen LogP contribution in [0.15, 0.2) is 12.3 Å². The summed E-state index contributed by atoms with van der Waals surface area (Å²) in [6.07, 6.45) is 1.62. The van der Waals surface area contributed by atoms with E-state index in [-0.39, 0.29) is 24.9 Å². The number of hydrogen-bond donors (Lipinski definition) is 2. The number of ether oxygens (including phenoxy) is 1. The van der Waals surface area contributed by atoms with E-state index in [1.807, 2.05) is 0 Å². The monoisotopic (exact) mass is 234 g/mol. The zero-order chi connectivity index (χ0) is 10.4. The summed E-state index contributed by atoms with van der Waals surface area (Å²) in [6.45, 7) is 1.14. The van der Waals surface area contributed by atoms with Gasteiger partial charge in [0.05, 0.1) is 12.7 Å². The number of amides is 1. The lowest BCUT2D eigenvalue weighted by atomic mass is 10.5. The Morgan fingerprint density at radius 3 is 3.00 bits per heavy atom. The second kappa shape index (κ2) is 7.08. The highest BCUT2D eigenvalue weighted by Crippen LogP contribution is 1.97. The molecule has 15 heavy (non-hydrogen) atoms. The Kier molecular flexibility index (Phi) is 6.48. The fraction of sp³-hybridized carbons (Fsp3) is 0.500. The average molecular weight is 235 g/mol. The Morgan fingerprint density at radius 2 is 2.47 bits per heavy atom. The smallest absolute Gasteiger partial charge is 0.246 e. The minimum Gasteiger partial charge on any atom is -0.384 e. The van der Waals surface area contributed by atoms with Crippen LogP contribution in [0.1, 0.15) is 0 Å².